The smallest absolute Gasteiger partial charge is 0.228 e. The zero-order valence-electron chi connectivity index (χ0n) is 13.6. The molecule has 1 N–H and O–H groups in total. The summed E-state index contributed by atoms with van der Waals surface area (Å²) in [7, 11) is 0. The van der Waals surface area contributed by atoms with Crippen molar-refractivity contribution >= 4 is 34.8 Å². The van der Waals surface area contributed by atoms with Crippen LogP contribution < -0.4 is 5.32 Å². The molecule has 0 aliphatic heterocycles. The highest BCUT2D eigenvalue weighted by Crippen LogP contribution is 2.67. The van der Waals surface area contributed by atoms with Gasteiger partial charge in [-0.1, -0.05) is 17.7 Å². The zero-order valence-corrected chi connectivity index (χ0v) is 15.1. The van der Waals surface area contributed by atoms with E-state index in [1.807, 2.05) is 19.1 Å². The highest BCUT2D eigenvalue weighted by molar-refractivity contribution is 6.51. The fourth-order valence-corrected chi connectivity index (χ4v) is 5.70. The van der Waals surface area contributed by atoms with Crippen LogP contribution in [0.15, 0.2) is 18.2 Å². The van der Waals surface area contributed by atoms with Gasteiger partial charge in [0, 0.05) is 11.6 Å². The third kappa shape index (κ3) is 2.68. The SMILES string of the molecule is Cc1ccc(NC(=O)C2[C@@H]3CC[C@@H]4[C@H](CC[C@@H]23)C4(Cl)Cl)c(C)c1. The Balaban J connectivity index is 1.40. The van der Waals surface area contributed by atoms with Crippen molar-refractivity contribution in [3.05, 3.63) is 29.3 Å². The second-order valence-corrected chi connectivity index (χ2v) is 9.15. The molecule has 1 amide bonds. The van der Waals surface area contributed by atoms with Gasteiger partial charge < -0.3 is 5.32 Å². The fourth-order valence-electron chi connectivity index (χ4n) is 4.78. The van der Waals surface area contributed by atoms with Crippen LogP contribution in [0.4, 0.5) is 5.69 Å². The average molecular weight is 352 g/mol. The summed E-state index contributed by atoms with van der Waals surface area (Å²) in [6.07, 6.45) is 4.34. The molecule has 0 spiro atoms. The molecule has 0 aromatic heterocycles. The number of carbonyl (C=O) groups excluding carboxylic acids is 1. The predicted octanol–water partition coefficient (Wildman–Crippen LogP) is 5.10. The summed E-state index contributed by atoms with van der Waals surface area (Å²) >= 11 is 12.7. The van der Waals surface area contributed by atoms with Crippen molar-refractivity contribution in [3.8, 4) is 0 Å². The highest BCUT2D eigenvalue weighted by Gasteiger charge is 2.65. The molecular weight excluding hydrogens is 329 g/mol. The molecule has 4 rings (SSSR count). The first-order valence-electron chi connectivity index (χ1n) is 8.65. The van der Waals surface area contributed by atoms with E-state index in [9.17, 15) is 4.79 Å². The third-order valence-corrected chi connectivity index (χ3v) is 7.38. The van der Waals surface area contributed by atoms with E-state index >= 15 is 0 Å². The minimum Gasteiger partial charge on any atom is -0.326 e. The molecule has 4 heteroatoms. The van der Waals surface area contributed by atoms with E-state index in [2.05, 4.69) is 18.3 Å². The first-order valence-corrected chi connectivity index (χ1v) is 9.41. The minimum atomic E-state index is -0.479. The van der Waals surface area contributed by atoms with Crippen LogP contribution in [0.25, 0.3) is 0 Å². The van der Waals surface area contributed by atoms with E-state index in [4.69, 9.17) is 23.2 Å². The van der Waals surface area contributed by atoms with E-state index in [0.717, 1.165) is 36.9 Å². The number of anilines is 1. The summed E-state index contributed by atoms with van der Waals surface area (Å²) in [6, 6.07) is 6.17. The van der Waals surface area contributed by atoms with Crippen molar-refractivity contribution in [1.29, 1.82) is 0 Å². The van der Waals surface area contributed by atoms with Crippen LogP contribution in [0, 0.1) is 43.4 Å². The standard InChI is InChI=1S/C19H23Cl2NO/c1-10-3-8-16(11(2)9-10)22-18(23)17-12-4-6-14-15(19(14,20)21)7-5-13(12)17/h3,8-9,12-15,17H,4-7H2,1-2H3,(H,22,23)/t12-,13-,14-,15+,17?/m1/s1. The number of rotatable bonds is 2. The number of fused-ring (bicyclic) bond motifs is 2. The largest absolute Gasteiger partial charge is 0.326 e. The number of benzene rings is 1. The van der Waals surface area contributed by atoms with Gasteiger partial charge in [-0.25, -0.2) is 0 Å². The van der Waals surface area contributed by atoms with Crippen molar-refractivity contribution in [2.75, 3.05) is 5.32 Å². The first-order chi connectivity index (χ1) is 10.9. The predicted molar refractivity (Wildman–Crippen MR) is 94.9 cm³/mol. The number of alkyl halides is 2. The lowest BCUT2D eigenvalue weighted by molar-refractivity contribution is -0.117. The molecule has 3 fully saturated rings. The number of halogens is 2. The van der Waals surface area contributed by atoms with Gasteiger partial charge in [0.2, 0.25) is 5.91 Å². The maximum atomic E-state index is 12.7. The number of nitrogens with one attached hydrogen (secondary N) is 1. The maximum Gasteiger partial charge on any atom is 0.228 e. The Bertz CT molecular complexity index is 635. The number of amides is 1. The Morgan fingerprint density at radius 3 is 2.26 bits per heavy atom. The van der Waals surface area contributed by atoms with Gasteiger partial charge in [-0.05, 0) is 74.8 Å². The Hall–Kier alpha value is -0.730. The summed E-state index contributed by atoms with van der Waals surface area (Å²) in [4.78, 5) is 12.7. The van der Waals surface area contributed by atoms with Crippen molar-refractivity contribution in [2.24, 2.45) is 29.6 Å². The molecule has 0 bridgehead atoms. The van der Waals surface area contributed by atoms with Gasteiger partial charge in [0.15, 0.2) is 0 Å². The molecule has 1 aromatic carbocycles. The molecule has 0 saturated heterocycles. The zero-order chi connectivity index (χ0) is 16.4. The van der Waals surface area contributed by atoms with Crippen molar-refractivity contribution in [1.82, 2.24) is 0 Å². The molecule has 3 aliphatic carbocycles. The van der Waals surface area contributed by atoms with Crippen LogP contribution in [0.1, 0.15) is 36.8 Å². The number of carbonyl (C=O) groups is 1. The van der Waals surface area contributed by atoms with E-state index in [-0.39, 0.29) is 11.8 Å². The van der Waals surface area contributed by atoms with Crippen molar-refractivity contribution < 1.29 is 4.79 Å². The molecule has 1 unspecified atom stereocenters. The van der Waals surface area contributed by atoms with Crippen LogP contribution in [0.3, 0.4) is 0 Å². The Morgan fingerprint density at radius 1 is 1.09 bits per heavy atom. The maximum absolute atomic E-state index is 12.7. The first kappa shape index (κ1) is 15.8. The number of hydrogen-bond acceptors (Lipinski definition) is 1. The number of aryl methyl sites for hydroxylation is 2. The van der Waals surface area contributed by atoms with Crippen LogP contribution >= 0.6 is 23.2 Å². The fraction of sp³-hybridized carbons (Fsp3) is 0.632. The lowest BCUT2D eigenvalue weighted by atomic mass is 10.0. The Labute approximate surface area is 147 Å². The van der Waals surface area contributed by atoms with Crippen molar-refractivity contribution in [2.45, 2.75) is 43.9 Å². The van der Waals surface area contributed by atoms with E-state index < -0.39 is 4.33 Å². The van der Waals surface area contributed by atoms with Crippen LogP contribution in [0.2, 0.25) is 0 Å². The molecule has 2 nitrogen and oxygen atoms in total. The lowest BCUT2D eigenvalue weighted by Gasteiger charge is -2.09. The second-order valence-electron chi connectivity index (χ2n) is 7.70. The van der Waals surface area contributed by atoms with Gasteiger partial charge in [-0.15, -0.1) is 23.2 Å². The third-order valence-electron chi connectivity index (χ3n) is 6.26. The number of hydrogen-bond donors (Lipinski definition) is 1. The lowest BCUT2D eigenvalue weighted by Crippen LogP contribution is -2.16. The van der Waals surface area contributed by atoms with Gasteiger partial charge in [0.1, 0.15) is 4.33 Å². The normalized spacial score (nSPS) is 37.0. The van der Waals surface area contributed by atoms with Gasteiger partial charge in [-0.3, -0.25) is 4.79 Å². The van der Waals surface area contributed by atoms with Gasteiger partial charge in [0.05, 0.1) is 0 Å². The average Bonchev–Trinajstić information content (AvgIpc) is 3.26. The molecule has 5 atom stereocenters. The van der Waals surface area contributed by atoms with E-state index in [1.54, 1.807) is 0 Å². The molecule has 0 radical (unpaired) electrons. The summed E-state index contributed by atoms with van der Waals surface area (Å²) < 4.78 is -0.479. The molecule has 23 heavy (non-hydrogen) atoms. The van der Waals surface area contributed by atoms with Crippen molar-refractivity contribution in [3.63, 3.8) is 0 Å². The van der Waals surface area contributed by atoms with Crippen LogP contribution in [0.5, 0.6) is 0 Å². The molecule has 124 valence electrons. The molecule has 1 aromatic rings. The summed E-state index contributed by atoms with van der Waals surface area (Å²) in [6.45, 7) is 4.12. The summed E-state index contributed by atoms with van der Waals surface area (Å²) in [5, 5.41) is 3.14. The van der Waals surface area contributed by atoms with Crippen LogP contribution in [-0.2, 0) is 4.79 Å². The second kappa shape index (κ2) is 5.39. The quantitative estimate of drug-likeness (QED) is 0.738. The Morgan fingerprint density at radius 2 is 1.70 bits per heavy atom. The molecular formula is C19H23Cl2NO. The van der Waals surface area contributed by atoms with Gasteiger partial charge in [-0.2, -0.15) is 0 Å². The summed E-state index contributed by atoms with van der Waals surface area (Å²) in [5.74, 6) is 2.36. The van der Waals surface area contributed by atoms with Gasteiger partial charge >= 0.3 is 0 Å². The van der Waals surface area contributed by atoms with E-state index in [1.165, 1.54) is 5.56 Å². The topological polar surface area (TPSA) is 29.1 Å². The van der Waals surface area contributed by atoms with Gasteiger partial charge in [0.25, 0.3) is 0 Å². The molecule has 3 saturated carbocycles. The van der Waals surface area contributed by atoms with E-state index in [0.29, 0.717) is 23.7 Å². The Kier molecular flexibility index (Phi) is 3.70. The summed E-state index contributed by atoms with van der Waals surface area (Å²) in [5.41, 5.74) is 3.30. The molecule has 0 heterocycles. The van der Waals surface area contributed by atoms with Crippen LogP contribution in [-0.4, -0.2) is 10.2 Å². The molecule has 3 aliphatic rings. The highest BCUT2D eigenvalue weighted by atomic mass is 35.5. The minimum absolute atomic E-state index is 0.188. The monoisotopic (exact) mass is 351 g/mol.